The van der Waals surface area contributed by atoms with Crippen LogP contribution in [0, 0.1) is 5.77 Å². The fourth-order valence-corrected chi connectivity index (χ4v) is 32.8. The molecule has 0 radical (unpaired) electrons. The van der Waals surface area contributed by atoms with Crippen LogP contribution in [0.3, 0.4) is 0 Å². The van der Waals surface area contributed by atoms with E-state index in [1.165, 1.54) is 206 Å². The first kappa shape index (κ1) is 55.9. The van der Waals surface area contributed by atoms with E-state index in [1.54, 1.807) is 39.7 Å². The second kappa shape index (κ2) is 29.3. The van der Waals surface area contributed by atoms with Crippen LogP contribution in [0.25, 0.3) is 49.4 Å². The van der Waals surface area contributed by atoms with Crippen LogP contribution in [0.5, 0.6) is 0 Å². The van der Waals surface area contributed by atoms with Crippen molar-refractivity contribution in [3.63, 3.8) is 0 Å². The fraction of sp³-hybridized carbons (Fsp3) is 0.643. The highest BCUT2D eigenvalue weighted by atomic mass is 127. The summed E-state index contributed by atoms with van der Waals surface area (Å²) in [5, 5.41) is 3.19. The van der Waals surface area contributed by atoms with Crippen molar-refractivity contribution < 1.29 is 0 Å². The minimum atomic E-state index is -1.75. The van der Waals surface area contributed by atoms with Gasteiger partial charge in [-0.15, -0.1) is 68.0 Å². The molecule has 6 heterocycles. The number of hydrogen-bond donors (Lipinski definition) is 0. The van der Waals surface area contributed by atoms with Gasteiger partial charge in [0, 0.05) is 20.5 Å². The number of unbranched alkanes of at least 4 members (excludes halogenated alkanes) is 18. The van der Waals surface area contributed by atoms with Gasteiger partial charge in [0.2, 0.25) is 0 Å². The lowest BCUT2D eigenvalue weighted by atomic mass is 10.2. The first-order chi connectivity index (χ1) is 32.3. The molecule has 0 fully saturated rings. The Hall–Kier alpha value is 0.614. The zero-order valence-corrected chi connectivity index (χ0v) is 53.1. The number of thiophene rings is 6. The zero-order chi connectivity index (χ0) is 46.8. The molecule has 0 N–H and O–H groups in total. The van der Waals surface area contributed by atoms with Crippen molar-refractivity contribution in [3.8, 4) is 29.3 Å². The van der Waals surface area contributed by atoms with Crippen molar-refractivity contribution in [1.82, 2.24) is 0 Å². The van der Waals surface area contributed by atoms with Crippen LogP contribution in [-0.4, -0.2) is 16.1 Å². The van der Waals surface area contributed by atoms with Crippen molar-refractivity contribution >= 4 is 159 Å². The zero-order valence-electron chi connectivity index (χ0n) is 41.9. The summed E-state index contributed by atoms with van der Waals surface area (Å²) in [7, 11) is -3.50. The standard InChI is InChI=1S/C56H84I2S6Si2/c1-7-13-19-25-35-65(36-26-20-14-8-2,37-27-21-15-9-3)49-41-43-51(45-31-33-47(57)59-45)63-55(53(43)61-49)56-54-44(52(64-56)46-32-34-48(58)60-46)42-50(62-54)66(38-28-22-16-10-4,39-29-23-17-11-5)40-30-24-18-12-6/h31-34,41-42H,7-30,35-40H2,1-6H3. The van der Waals surface area contributed by atoms with E-state index in [4.69, 9.17) is 0 Å². The highest BCUT2D eigenvalue weighted by Crippen LogP contribution is 2.56. The Kier molecular flexibility index (Phi) is 24.9. The summed E-state index contributed by atoms with van der Waals surface area (Å²) in [5.41, 5.74) is 0. The number of halogens is 2. The Balaban J connectivity index is 1.57. The third-order valence-corrected chi connectivity index (χ3v) is 37.0. The first-order valence-corrected chi connectivity index (χ1v) is 39.2. The molecular weight excluding hydrogens is 1170 g/mol. The van der Waals surface area contributed by atoms with Crippen LogP contribution in [0.4, 0.5) is 0 Å². The van der Waals surface area contributed by atoms with E-state index < -0.39 is 16.1 Å². The molecule has 0 nitrogen and oxygen atoms in total. The lowest BCUT2D eigenvalue weighted by Crippen LogP contribution is -2.46. The molecule has 0 amide bonds. The van der Waals surface area contributed by atoms with Gasteiger partial charge in [0.15, 0.2) is 0 Å². The molecule has 0 unspecified atom stereocenters. The van der Waals surface area contributed by atoms with Crippen LogP contribution in [0.15, 0.2) is 36.4 Å². The van der Waals surface area contributed by atoms with Gasteiger partial charge in [0.25, 0.3) is 0 Å². The molecule has 0 saturated carbocycles. The van der Waals surface area contributed by atoms with Crippen molar-refractivity contribution in [2.24, 2.45) is 0 Å². The summed E-state index contributed by atoms with van der Waals surface area (Å²) in [6.07, 6.45) is 33.4. The van der Waals surface area contributed by atoms with Crippen molar-refractivity contribution in [1.29, 1.82) is 0 Å². The van der Waals surface area contributed by atoms with E-state index in [-0.39, 0.29) is 0 Å². The lowest BCUT2D eigenvalue weighted by Gasteiger charge is -2.32. The molecule has 0 aromatic carbocycles. The molecule has 0 spiro atoms. The SMILES string of the molecule is CCCCCC[Si](CCCCCC)(CCCCCC)c1cc2c(-c3ccc(I)s3)sc(-c3sc(-c4ccc(I)s4)c4cc([Si](CCCCCC)(CCCCCC)CCCCCC)sc34)c2s1. The van der Waals surface area contributed by atoms with Crippen molar-refractivity contribution in [2.75, 3.05) is 0 Å². The van der Waals surface area contributed by atoms with E-state index in [0.717, 1.165) is 0 Å². The normalized spacial score (nSPS) is 12.5. The van der Waals surface area contributed by atoms with Crippen LogP contribution in [0.1, 0.15) is 196 Å². The van der Waals surface area contributed by atoms with Gasteiger partial charge in [0.05, 0.1) is 50.8 Å². The van der Waals surface area contributed by atoms with Gasteiger partial charge in [-0.25, -0.2) is 0 Å². The van der Waals surface area contributed by atoms with E-state index in [0.29, 0.717) is 0 Å². The maximum atomic E-state index is 2.85. The summed E-state index contributed by atoms with van der Waals surface area (Å²) in [6, 6.07) is 24.3. The second-order valence-corrected chi connectivity index (χ2v) is 39.9. The van der Waals surface area contributed by atoms with Crippen LogP contribution in [0.2, 0.25) is 36.3 Å². The van der Waals surface area contributed by atoms with E-state index >= 15 is 0 Å². The Morgan fingerprint density at radius 2 is 0.621 bits per heavy atom. The Bertz CT molecular complexity index is 2060. The van der Waals surface area contributed by atoms with E-state index in [1.807, 2.05) is 31.7 Å². The molecule has 6 aromatic heterocycles. The lowest BCUT2D eigenvalue weighted by molar-refractivity contribution is 0.668. The molecule has 0 saturated heterocycles. The largest absolute Gasteiger partial charge is 0.143 e. The van der Waals surface area contributed by atoms with Gasteiger partial charge in [-0.2, -0.15) is 0 Å². The van der Waals surface area contributed by atoms with E-state index in [9.17, 15) is 0 Å². The topological polar surface area (TPSA) is 0 Å². The molecule has 10 heteroatoms. The fourth-order valence-electron chi connectivity index (χ4n) is 10.8. The highest BCUT2D eigenvalue weighted by molar-refractivity contribution is 14.1. The van der Waals surface area contributed by atoms with Gasteiger partial charge in [-0.05, 0) is 90.6 Å². The minimum Gasteiger partial charge on any atom is -0.143 e. The molecule has 0 atom stereocenters. The predicted molar refractivity (Wildman–Crippen MR) is 335 cm³/mol. The van der Waals surface area contributed by atoms with Gasteiger partial charge < -0.3 is 0 Å². The number of hydrogen-bond acceptors (Lipinski definition) is 6. The van der Waals surface area contributed by atoms with E-state index in [2.05, 4.69) is 168 Å². The molecule has 0 aliphatic heterocycles. The van der Waals surface area contributed by atoms with Gasteiger partial charge in [-0.3, -0.25) is 0 Å². The highest BCUT2D eigenvalue weighted by Gasteiger charge is 2.39. The monoisotopic (exact) mass is 1260 g/mol. The molecule has 6 rings (SSSR count). The van der Waals surface area contributed by atoms with Crippen molar-refractivity contribution in [2.45, 2.75) is 232 Å². The molecule has 0 bridgehead atoms. The molecular formula is C56H84I2S6Si2. The van der Waals surface area contributed by atoms with Crippen LogP contribution >= 0.6 is 113 Å². The summed E-state index contributed by atoms with van der Waals surface area (Å²) in [6.45, 7) is 14.3. The number of rotatable bonds is 35. The molecule has 0 aliphatic rings. The summed E-state index contributed by atoms with van der Waals surface area (Å²) < 4.78 is 9.80. The maximum Gasteiger partial charge on any atom is 0.0995 e. The third kappa shape index (κ3) is 14.9. The predicted octanol–water partition coefficient (Wildman–Crippen LogP) is 23.4. The summed E-state index contributed by atoms with van der Waals surface area (Å²) in [4.78, 5) is 9.28. The second-order valence-electron chi connectivity index (χ2n) is 19.9. The summed E-state index contributed by atoms with van der Waals surface area (Å²) >= 11 is 18.1. The average molecular weight is 1260 g/mol. The van der Waals surface area contributed by atoms with Gasteiger partial charge in [-0.1, -0.05) is 232 Å². The number of fused-ring (bicyclic) bond motifs is 2. The Morgan fingerprint density at radius 3 is 0.864 bits per heavy atom. The maximum absolute atomic E-state index is 2.85. The minimum absolute atomic E-state index is 1.33. The molecule has 0 aliphatic carbocycles. The van der Waals surface area contributed by atoms with Crippen molar-refractivity contribution in [3.05, 3.63) is 42.2 Å². The molecule has 366 valence electrons. The van der Waals surface area contributed by atoms with Gasteiger partial charge >= 0.3 is 0 Å². The van der Waals surface area contributed by atoms with Gasteiger partial charge in [0.1, 0.15) is 0 Å². The van der Waals surface area contributed by atoms with Crippen LogP contribution in [-0.2, 0) is 0 Å². The summed E-state index contributed by atoms with van der Waals surface area (Å²) in [5.74, 6) is 0. The molecule has 66 heavy (non-hydrogen) atoms. The molecule has 6 aromatic rings. The smallest absolute Gasteiger partial charge is 0.0995 e. The third-order valence-electron chi connectivity index (χ3n) is 14.7. The quantitative estimate of drug-likeness (QED) is 0.0211. The Labute approximate surface area is 456 Å². The average Bonchev–Trinajstić information content (AvgIpc) is 4.19. The Morgan fingerprint density at radius 1 is 0.333 bits per heavy atom. The first-order valence-electron chi connectivity index (χ1n) is 26.9. The van der Waals surface area contributed by atoms with Crippen LogP contribution < -0.4 is 9.00 Å².